The molecule has 0 atom stereocenters. The van der Waals surface area contributed by atoms with E-state index in [-0.39, 0.29) is 15.9 Å². The Balaban J connectivity index is 1.60. The fraction of sp³-hybridized carbons (Fsp3) is 0.231. The third-order valence-corrected chi connectivity index (χ3v) is 6.69. The molecule has 0 aromatic heterocycles. The first-order chi connectivity index (χ1) is 16.5. The number of aryl methyl sites for hydroxylation is 2. The Labute approximate surface area is 212 Å². The first-order valence-corrected chi connectivity index (χ1v) is 13.0. The van der Waals surface area contributed by atoms with Crippen LogP contribution in [0.4, 0.5) is 11.4 Å². The Morgan fingerprint density at radius 3 is 2.29 bits per heavy atom. The molecule has 3 aromatic rings. The second-order valence-electron chi connectivity index (χ2n) is 8.57. The van der Waals surface area contributed by atoms with Gasteiger partial charge in [0.25, 0.3) is 15.9 Å². The lowest BCUT2D eigenvalue weighted by molar-refractivity contribution is 0.0977. The van der Waals surface area contributed by atoms with Crippen molar-refractivity contribution in [1.82, 2.24) is 5.32 Å². The van der Waals surface area contributed by atoms with Crippen molar-refractivity contribution in [2.75, 3.05) is 16.6 Å². The quantitative estimate of drug-likeness (QED) is 0.357. The molecule has 0 aliphatic heterocycles. The molecule has 0 aliphatic rings. The fourth-order valence-electron chi connectivity index (χ4n) is 3.06. The lowest BCUT2D eigenvalue weighted by atomic mass is 10.1. The first-order valence-electron chi connectivity index (χ1n) is 11.1. The molecular formula is C26H29N3O4S2. The van der Waals surface area contributed by atoms with Gasteiger partial charge in [0.1, 0.15) is 5.75 Å². The third-order valence-electron chi connectivity index (χ3n) is 5.09. The van der Waals surface area contributed by atoms with E-state index in [2.05, 4.69) is 15.4 Å². The molecule has 0 saturated carbocycles. The van der Waals surface area contributed by atoms with E-state index in [1.165, 1.54) is 12.1 Å². The summed E-state index contributed by atoms with van der Waals surface area (Å²) < 4.78 is 33.7. The maximum atomic E-state index is 12.7. The predicted octanol–water partition coefficient (Wildman–Crippen LogP) is 5.27. The number of hydrogen-bond acceptors (Lipinski definition) is 5. The second-order valence-corrected chi connectivity index (χ2v) is 10.7. The first kappa shape index (κ1) is 26.2. The lowest BCUT2D eigenvalue weighted by Gasteiger charge is -2.13. The van der Waals surface area contributed by atoms with Gasteiger partial charge < -0.3 is 10.1 Å². The van der Waals surface area contributed by atoms with Crippen LogP contribution in [0.25, 0.3) is 0 Å². The van der Waals surface area contributed by atoms with Gasteiger partial charge in [0.05, 0.1) is 11.5 Å². The van der Waals surface area contributed by atoms with E-state index >= 15 is 0 Å². The molecule has 0 radical (unpaired) electrons. The highest BCUT2D eigenvalue weighted by Gasteiger charge is 2.15. The molecule has 184 valence electrons. The molecule has 3 rings (SSSR count). The van der Waals surface area contributed by atoms with Crippen LogP contribution in [0.15, 0.2) is 71.6 Å². The molecule has 0 spiro atoms. The van der Waals surface area contributed by atoms with E-state index in [1.54, 1.807) is 48.5 Å². The Kier molecular flexibility index (Phi) is 8.48. The summed E-state index contributed by atoms with van der Waals surface area (Å²) >= 11 is 5.24. The molecule has 7 nitrogen and oxygen atoms in total. The number of benzene rings is 3. The van der Waals surface area contributed by atoms with Gasteiger partial charge in [-0.25, -0.2) is 8.42 Å². The summed E-state index contributed by atoms with van der Waals surface area (Å²) in [6, 6.07) is 18.3. The van der Waals surface area contributed by atoms with Crippen molar-refractivity contribution in [1.29, 1.82) is 0 Å². The molecule has 0 unspecified atom stereocenters. The van der Waals surface area contributed by atoms with E-state index in [1.807, 2.05) is 33.8 Å². The Bertz CT molecular complexity index is 1320. The van der Waals surface area contributed by atoms with E-state index < -0.39 is 10.0 Å². The highest BCUT2D eigenvalue weighted by Crippen LogP contribution is 2.20. The van der Waals surface area contributed by atoms with Gasteiger partial charge >= 0.3 is 0 Å². The number of carbonyl (C=O) groups is 1. The SMILES string of the molecule is Cc1ccc(NS(=O)(=O)c2ccc(NC(=S)NC(=O)c3cccc(OCC(C)C)c3)cc2)cc1C. The van der Waals surface area contributed by atoms with E-state index in [9.17, 15) is 13.2 Å². The summed E-state index contributed by atoms with van der Waals surface area (Å²) in [5, 5.41) is 5.60. The number of nitrogens with one attached hydrogen (secondary N) is 3. The van der Waals surface area contributed by atoms with Crippen LogP contribution in [-0.2, 0) is 10.0 Å². The number of anilines is 2. The van der Waals surface area contributed by atoms with Gasteiger partial charge in [0.2, 0.25) is 0 Å². The van der Waals surface area contributed by atoms with Gasteiger partial charge in [-0.2, -0.15) is 0 Å². The average molecular weight is 512 g/mol. The maximum absolute atomic E-state index is 12.7. The van der Waals surface area contributed by atoms with Crippen LogP contribution in [0.5, 0.6) is 5.75 Å². The zero-order chi connectivity index (χ0) is 25.6. The van der Waals surface area contributed by atoms with E-state index in [0.29, 0.717) is 35.2 Å². The normalized spacial score (nSPS) is 11.1. The topological polar surface area (TPSA) is 96.5 Å². The molecule has 0 bridgehead atoms. The molecule has 0 fully saturated rings. The van der Waals surface area contributed by atoms with Crippen molar-refractivity contribution in [2.45, 2.75) is 32.6 Å². The molecule has 0 saturated heterocycles. The zero-order valence-corrected chi connectivity index (χ0v) is 21.7. The van der Waals surface area contributed by atoms with Crippen LogP contribution in [0.3, 0.4) is 0 Å². The molecule has 3 N–H and O–H groups in total. The predicted molar refractivity (Wildman–Crippen MR) is 144 cm³/mol. The van der Waals surface area contributed by atoms with Crippen LogP contribution < -0.4 is 20.1 Å². The van der Waals surface area contributed by atoms with E-state index in [0.717, 1.165) is 11.1 Å². The van der Waals surface area contributed by atoms with Crippen molar-refractivity contribution >= 4 is 44.6 Å². The van der Waals surface area contributed by atoms with Crippen molar-refractivity contribution in [3.63, 3.8) is 0 Å². The van der Waals surface area contributed by atoms with Gasteiger partial charge in [0, 0.05) is 16.9 Å². The Morgan fingerprint density at radius 1 is 0.943 bits per heavy atom. The number of ether oxygens (including phenoxy) is 1. The van der Waals surface area contributed by atoms with Gasteiger partial charge in [0.15, 0.2) is 5.11 Å². The van der Waals surface area contributed by atoms with Gasteiger partial charge in [-0.15, -0.1) is 0 Å². The van der Waals surface area contributed by atoms with Gasteiger partial charge in [-0.05, 0) is 97.7 Å². The molecule has 0 aliphatic carbocycles. The van der Waals surface area contributed by atoms with Crippen LogP contribution in [0.2, 0.25) is 0 Å². The highest BCUT2D eigenvalue weighted by atomic mass is 32.2. The second kappa shape index (κ2) is 11.3. The van der Waals surface area contributed by atoms with Crippen molar-refractivity contribution in [3.8, 4) is 5.75 Å². The number of hydrogen-bond donors (Lipinski definition) is 3. The standard InChI is InChI=1S/C26H29N3O4S2/c1-17(2)16-33-23-7-5-6-20(15-23)25(30)28-26(34)27-21-10-12-24(13-11-21)35(31,32)29-22-9-8-18(3)19(4)14-22/h5-15,17,29H,16H2,1-4H3,(H2,27,28,30,34). The minimum atomic E-state index is -3.75. The van der Waals surface area contributed by atoms with E-state index in [4.69, 9.17) is 17.0 Å². The summed E-state index contributed by atoms with van der Waals surface area (Å²) in [4.78, 5) is 12.7. The average Bonchev–Trinajstić information content (AvgIpc) is 2.80. The summed E-state index contributed by atoms with van der Waals surface area (Å²) in [6.07, 6.45) is 0. The molecule has 0 heterocycles. The minimum Gasteiger partial charge on any atom is -0.493 e. The highest BCUT2D eigenvalue weighted by molar-refractivity contribution is 7.92. The summed E-state index contributed by atoms with van der Waals surface area (Å²) in [5.74, 6) is 0.596. The number of amides is 1. The number of sulfonamides is 1. The van der Waals surface area contributed by atoms with Crippen molar-refractivity contribution in [3.05, 3.63) is 83.4 Å². The number of carbonyl (C=O) groups excluding carboxylic acids is 1. The smallest absolute Gasteiger partial charge is 0.261 e. The van der Waals surface area contributed by atoms with Gasteiger partial charge in [-0.3, -0.25) is 14.8 Å². The molecular weight excluding hydrogens is 482 g/mol. The van der Waals surface area contributed by atoms with Crippen LogP contribution in [0, 0.1) is 19.8 Å². The van der Waals surface area contributed by atoms with Crippen molar-refractivity contribution in [2.24, 2.45) is 5.92 Å². The molecule has 35 heavy (non-hydrogen) atoms. The van der Waals surface area contributed by atoms with Crippen molar-refractivity contribution < 1.29 is 17.9 Å². The number of rotatable bonds is 8. The maximum Gasteiger partial charge on any atom is 0.261 e. The number of thiocarbonyl (C=S) groups is 1. The summed E-state index contributed by atoms with van der Waals surface area (Å²) in [6.45, 7) is 8.53. The zero-order valence-electron chi connectivity index (χ0n) is 20.1. The monoisotopic (exact) mass is 511 g/mol. The minimum absolute atomic E-state index is 0.0902. The fourth-order valence-corrected chi connectivity index (χ4v) is 4.32. The van der Waals surface area contributed by atoms with Crippen LogP contribution in [0.1, 0.15) is 35.3 Å². The lowest BCUT2D eigenvalue weighted by Crippen LogP contribution is -2.34. The summed E-state index contributed by atoms with van der Waals surface area (Å²) in [7, 11) is -3.75. The van der Waals surface area contributed by atoms with Crippen LogP contribution in [-0.4, -0.2) is 26.0 Å². The Hall–Kier alpha value is -3.43. The molecule has 9 heteroatoms. The third kappa shape index (κ3) is 7.53. The largest absolute Gasteiger partial charge is 0.493 e. The molecule has 3 aromatic carbocycles. The summed E-state index contributed by atoms with van der Waals surface area (Å²) in [5.41, 5.74) is 3.52. The van der Waals surface area contributed by atoms with Gasteiger partial charge in [-0.1, -0.05) is 26.0 Å². The van der Waals surface area contributed by atoms with Crippen LogP contribution >= 0.6 is 12.2 Å². The Morgan fingerprint density at radius 2 is 1.63 bits per heavy atom. The molecule has 1 amide bonds.